The summed E-state index contributed by atoms with van der Waals surface area (Å²) in [5.74, 6) is 2.27. The van der Waals surface area contributed by atoms with Crippen LogP contribution in [0.5, 0.6) is 0 Å². The molecule has 1 aliphatic carbocycles. The highest BCUT2D eigenvalue weighted by molar-refractivity contribution is 5.78. The molecule has 1 amide bonds. The van der Waals surface area contributed by atoms with Crippen LogP contribution in [-0.4, -0.2) is 37.5 Å². The summed E-state index contributed by atoms with van der Waals surface area (Å²) in [5, 5.41) is 3.30. The van der Waals surface area contributed by atoms with E-state index < -0.39 is 0 Å². The summed E-state index contributed by atoms with van der Waals surface area (Å²) >= 11 is 0. The number of hydrogen-bond acceptors (Lipinski definition) is 2. The Hall–Kier alpha value is -0.570. The second-order valence-electron chi connectivity index (χ2n) is 5.22. The maximum absolute atomic E-state index is 12.1. The molecule has 0 bridgehead atoms. The van der Waals surface area contributed by atoms with Crippen LogP contribution in [0.15, 0.2) is 0 Å². The average Bonchev–Trinajstić information content (AvgIpc) is 2.94. The number of carbonyl (C=O) groups excluding carboxylic acids is 1. The first-order valence-electron chi connectivity index (χ1n) is 6.14. The molecule has 1 aliphatic heterocycles. The normalized spacial score (nSPS) is 31.3. The molecule has 1 saturated carbocycles. The highest BCUT2D eigenvalue weighted by atomic mass is 16.2. The van der Waals surface area contributed by atoms with Crippen LogP contribution in [-0.2, 0) is 4.79 Å². The molecule has 2 rings (SSSR count). The lowest BCUT2D eigenvalue weighted by atomic mass is 9.96. The quantitative estimate of drug-likeness (QED) is 0.756. The lowest BCUT2D eigenvalue weighted by molar-refractivity contribution is -0.135. The zero-order valence-corrected chi connectivity index (χ0v) is 9.83. The predicted octanol–water partition coefficient (Wildman–Crippen LogP) is 1.10. The van der Waals surface area contributed by atoms with Crippen molar-refractivity contribution in [1.29, 1.82) is 0 Å². The first-order chi connectivity index (χ1) is 7.18. The Bertz CT molecular complexity index is 236. The first-order valence-corrected chi connectivity index (χ1v) is 6.14. The second kappa shape index (κ2) is 4.52. The fourth-order valence-electron chi connectivity index (χ4n) is 2.48. The molecule has 3 nitrogen and oxygen atoms in total. The number of carbonyl (C=O) groups is 1. The molecule has 0 aromatic carbocycles. The maximum Gasteiger partial charge on any atom is 0.225 e. The van der Waals surface area contributed by atoms with E-state index in [1.165, 1.54) is 6.42 Å². The fourth-order valence-corrected chi connectivity index (χ4v) is 2.48. The highest BCUT2D eigenvalue weighted by Crippen LogP contribution is 2.38. The summed E-state index contributed by atoms with van der Waals surface area (Å²) in [6.07, 6.45) is 3.34. The van der Waals surface area contributed by atoms with Gasteiger partial charge in [0.15, 0.2) is 0 Å². The number of amides is 1. The van der Waals surface area contributed by atoms with Crippen molar-refractivity contribution >= 4 is 5.91 Å². The first kappa shape index (κ1) is 10.9. The molecule has 2 unspecified atom stereocenters. The molecule has 1 N–H and O–H groups in total. The Morgan fingerprint density at radius 1 is 1.40 bits per heavy atom. The standard InChI is InChI=1S/C12H22N2O/c1-9-7-11(9)8-14(2)12(15)10-3-5-13-6-4-10/h9-11,13H,3-8H2,1-2H3. The van der Waals surface area contributed by atoms with Crippen LogP contribution in [0, 0.1) is 17.8 Å². The van der Waals surface area contributed by atoms with E-state index >= 15 is 0 Å². The Balaban J connectivity index is 1.78. The highest BCUT2D eigenvalue weighted by Gasteiger charge is 2.35. The molecule has 86 valence electrons. The van der Waals surface area contributed by atoms with Crippen molar-refractivity contribution < 1.29 is 4.79 Å². The van der Waals surface area contributed by atoms with Crippen LogP contribution in [0.2, 0.25) is 0 Å². The van der Waals surface area contributed by atoms with Crippen molar-refractivity contribution in [3.63, 3.8) is 0 Å². The van der Waals surface area contributed by atoms with Crippen LogP contribution in [0.3, 0.4) is 0 Å². The van der Waals surface area contributed by atoms with Crippen molar-refractivity contribution in [3.8, 4) is 0 Å². The minimum absolute atomic E-state index is 0.283. The van der Waals surface area contributed by atoms with E-state index in [4.69, 9.17) is 0 Å². The van der Waals surface area contributed by atoms with Crippen molar-refractivity contribution in [1.82, 2.24) is 10.2 Å². The number of hydrogen-bond donors (Lipinski definition) is 1. The van der Waals surface area contributed by atoms with Gasteiger partial charge in [-0.3, -0.25) is 4.79 Å². The molecule has 15 heavy (non-hydrogen) atoms. The zero-order valence-electron chi connectivity index (χ0n) is 9.83. The van der Waals surface area contributed by atoms with E-state index in [-0.39, 0.29) is 5.92 Å². The number of nitrogens with one attached hydrogen (secondary N) is 1. The average molecular weight is 210 g/mol. The molecule has 2 aliphatic rings. The molecule has 0 aromatic heterocycles. The molecular formula is C12H22N2O. The van der Waals surface area contributed by atoms with Gasteiger partial charge in [0.25, 0.3) is 0 Å². The summed E-state index contributed by atoms with van der Waals surface area (Å²) in [7, 11) is 1.97. The molecule has 0 radical (unpaired) electrons. The summed E-state index contributed by atoms with van der Waals surface area (Å²) in [5.41, 5.74) is 0. The summed E-state index contributed by atoms with van der Waals surface area (Å²) in [6, 6.07) is 0. The van der Waals surface area contributed by atoms with E-state index in [9.17, 15) is 4.79 Å². The van der Waals surface area contributed by atoms with Gasteiger partial charge in [0.05, 0.1) is 0 Å². The Morgan fingerprint density at radius 3 is 2.53 bits per heavy atom. The molecular weight excluding hydrogens is 188 g/mol. The van der Waals surface area contributed by atoms with Crippen molar-refractivity contribution in [2.75, 3.05) is 26.7 Å². The monoisotopic (exact) mass is 210 g/mol. The van der Waals surface area contributed by atoms with Crippen LogP contribution >= 0.6 is 0 Å². The van der Waals surface area contributed by atoms with Gasteiger partial charge in [-0.25, -0.2) is 0 Å². The Kier molecular flexibility index (Phi) is 3.29. The van der Waals surface area contributed by atoms with E-state index in [1.807, 2.05) is 11.9 Å². The third-order valence-electron chi connectivity index (χ3n) is 3.85. The maximum atomic E-state index is 12.1. The van der Waals surface area contributed by atoms with Gasteiger partial charge in [-0.1, -0.05) is 6.92 Å². The van der Waals surface area contributed by atoms with Crippen LogP contribution in [0.4, 0.5) is 0 Å². The third-order valence-corrected chi connectivity index (χ3v) is 3.85. The molecule has 1 saturated heterocycles. The van der Waals surface area contributed by atoms with Gasteiger partial charge in [0, 0.05) is 19.5 Å². The zero-order chi connectivity index (χ0) is 10.8. The molecule has 0 aromatic rings. The topological polar surface area (TPSA) is 32.3 Å². The predicted molar refractivity (Wildman–Crippen MR) is 60.5 cm³/mol. The van der Waals surface area contributed by atoms with Crippen LogP contribution < -0.4 is 5.32 Å². The molecule has 2 atom stereocenters. The van der Waals surface area contributed by atoms with Gasteiger partial charge in [0.1, 0.15) is 0 Å². The minimum atomic E-state index is 0.283. The third kappa shape index (κ3) is 2.71. The minimum Gasteiger partial charge on any atom is -0.345 e. The SMILES string of the molecule is CC1CC1CN(C)C(=O)C1CCNCC1. The smallest absolute Gasteiger partial charge is 0.225 e. The summed E-state index contributed by atoms with van der Waals surface area (Å²) in [6.45, 7) is 5.26. The van der Waals surface area contributed by atoms with Crippen molar-refractivity contribution in [3.05, 3.63) is 0 Å². The van der Waals surface area contributed by atoms with Crippen LogP contribution in [0.1, 0.15) is 26.2 Å². The Labute approximate surface area is 92.2 Å². The summed E-state index contributed by atoms with van der Waals surface area (Å²) in [4.78, 5) is 14.0. The van der Waals surface area contributed by atoms with Gasteiger partial charge in [-0.05, 0) is 44.2 Å². The number of piperidine rings is 1. The summed E-state index contributed by atoms with van der Waals surface area (Å²) < 4.78 is 0. The lowest BCUT2D eigenvalue weighted by Gasteiger charge is -2.27. The van der Waals surface area contributed by atoms with Crippen LogP contribution in [0.25, 0.3) is 0 Å². The fraction of sp³-hybridized carbons (Fsp3) is 0.917. The number of rotatable bonds is 3. The molecule has 2 fully saturated rings. The van der Waals surface area contributed by atoms with Gasteiger partial charge < -0.3 is 10.2 Å². The van der Waals surface area contributed by atoms with E-state index in [0.29, 0.717) is 5.91 Å². The Morgan fingerprint density at radius 2 is 2.00 bits per heavy atom. The lowest BCUT2D eigenvalue weighted by Crippen LogP contribution is -2.40. The molecule has 0 spiro atoms. The van der Waals surface area contributed by atoms with E-state index in [2.05, 4.69) is 12.2 Å². The van der Waals surface area contributed by atoms with Gasteiger partial charge >= 0.3 is 0 Å². The van der Waals surface area contributed by atoms with Gasteiger partial charge in [-0.2, -0.15) is 0 Å². The van der Waals surface area contributed by atoms with E-state index in [0.717, 1.165) is 44.3 Å². The number of nitrogens with zero attached hydrogens (tertiary/aromatic N) is 1. The second-order valence-corrected chi connectivity index (χ2v) is 5.22. The molecule has 1 heterocycles. The largest absolute Gasteiger partial charge is 0.345 e. The van der Waals surface area contributed by atoms with Crippen molar-refractivity contribution in [2.24, 2.45) is 17.8 Å². The van der Waals surface area contributed by atoms with Gasteiger partial charge in [-0.15, -0.1) is 0 Å². The molecule has 3 heteroatoms. The van der Waals surface area contributed by atoms with E-state index in [1.54, 1.807) is 0 Å². The van der Waals surface area contributed by atoms with Gasteiger partial charge in [0.2, 0.25) is 5.91 Å². The van der Waals surface area contributed by atoms with Crippen molar-refractivity contribution in [2.45, 2.75) is 26.2 Å².